The second kappa shape index (κ2) is 6.68. The highest BCUT2D eigenvalue weighted by atomic mass is 19.1. The average molecular weight is 384 g/mol. The van der Waals surface area contributed by atoms with Crippen molar-refractivity contribution in [3.63, 3.8) is 0 Å². The van der Waals surface area contributed by atoms with E-state index in [0.29, 0.717) is 11.2 Å². The number of rotatable bonds is 5. The summed E-state index contributed by atoms with van der Waals surface area (Å²) in [7, 11) is 0. The van der Waals surface area contributed by atoms with Crippen LogP contribution >= 0.6 is 0 Å². The summed E-state index contributed by atoms with van der Waals surface area (Å²) in [4.78, 5) is 3.86. The molecular weight excluding hydrogens is 366 g/mol. The molecule has 144 valence electrons. The summed E-state index contributed by atoms with van der Waals surface area (Å²) in [5, 5.41) is 20.9. The van der Waals surface area contributed by atoms with Crippen LogP contribution in [0.15, 0.2) is 55.2 Å². The molecule has 4 rings (SSSR count). The zero-order valence-corrected chi connectivity index (χ0v) is 15.0. The quantitative estimate of drug-likeness (QED) is 0.516. The highest BCUT2D eigenvalue weighted by Gasteiger charge is 2.40. The van der Waals surface area contributed by atoms with E-state index in [4.69, 9.17) is 5.73 Å². The maximum absolute atomic E-state index is 14.6. The standard InChI is InChI=1S/C19H18F2N6O/c1-12(27-8-13-6-15(22)3-5-18(13)25-27)19(28,9-26-11-23-10-24-26)16-4-2-14(20)7-17(16)21/h2-8,10-12,28H,9,22H2,1H3/t12-,19-/m1/s1. The molecule has 2 aromatic carbocycles. The van der Waals surface area contributed by atoms with Crippen molar-refractivity contribution < 1.29 is 13.9 Å². The smallest absolute Gasteiger partial charge is 0.137 e. The average Bonchev–Trinajstić information content (AvgIpc) is 3.29. The highest BCUT2D eigenvalue weighted by Crippen LogP contribution is 2.37. The van der Waals surface area contributed by atoms with Gasteiger partial charge in [0.25, 0.3) is 0 Å². The number of benzene rings is 2. The fraction of sp³-hybridized carbons (Fsp3) is 0.211. The van der Waals surface area contributed by atoms with E-state index in [1.807, 2.05) is 0 Å². The van der Waals surface area contributed by atoms with Crippen molar-refractivity contribution in [3.05, 3.63) is 72.4 Å². The van der Waals surface area contributed by atoms with Crippen LogP contribution in [-0.4, -0.2) is 29.7 Å². The van der Waals surface area contributed by atoms with Crippen LogP contribution in [0.1, 0.15) is 18.5 Å². The number of nitrogens with two attached hydrogens (primary N) is 1. The van der Waals surface area contributed by atoms with Crippen molar-refractivity contribution in [2.24, 2.45) is 0 Å². The van der Waals surface area contributed by atoms with E-state index in [-0.39, 0.29) is 12.1 Å². The van der Waals surface area contributed by atoms with Crippen LogP contribution in [0.3, 0.4) is 0 Å². The van der Waals surface area contributed by atoms with Gasteiger partial charge >= 0.3 is 0 Å². The maximum atomic E-state index is 14.6. The third-order valence-electron chi connectivity index (χ3n) is 4.90. The lowest BCUT2D eigenvalue weighted by Gasteiger charge is -2.34. The number of hydrogen-bond acceptors (Lipinski definition) is 5. The number of nitrogen functional groups attached to an aromatic ring is 1. The topological polar surface area (TPSA) is 94.8 Å². The molecule has 0 aliphatic carbocycles. The van der Waals surface area contributed by atoms with Gasteiger partial charge in [0.05, 0.1) is 18.1 Å². The molecule has 7 nitrogen and oxygen atoms in total. The molecule has 0 aliphatic heterocycles. The van der Waals surface area contributed by atoms with Gasteiger partial charge in [-0.3, -0.25) is 4.68 Å². The molecule has 2 atom stereocenters. The fourth-order valence-electron chi connectivity index (χ4n) is 3.32. The molecule has 2 aromatic heterocycles. The Labute approximate surface area is 159 Å². The first-order valence-corrected chi connectivity index (χ1v) is 8.61. The van der Waals surface area contributed by atoms with Gasteiger partial charge in [0, 0.05) is 28.9 Å². The third kappa shape index (κ3) is 3.09. The van der Waals surface area contributed by atoms with E-state index < -0.39 is 23.3 Å². The first-order chi connectivity index (χ1) is 13.4. The molecule has 0 saturated heterocycles. The molecule has 28 heavy (non-hydrogen) atoms. The van der Waals surface area contributed by atoms with Crippen LogP contribution in [0.2, 0.25) is 0 Å². The summed E-state index contributed by atoms with van der Waals surface area (Å²) >= 11 is 0. The summed E-state index contributed by atoms with van der Waals surface area (Å²) < 4.78 is 31.0. The molecule has 0 amide bonds. The monoisotopic (exact) mass is 384 g/mol. The molecule has 9 heteroatoms. The van der Waals surface area contributed by atoms with Crippen molar-refractivity contribution in [2.75, 3.05) is 5.73 Å². The number of hydrogen-bond donors (Lipinski definition) is 2. The molecule has 0 saturated carbocycles. The zero-order chi connectivity index (χ0) is 19.9. The lowest BCUT2D eigenvalue weighted by Crippen LogP contribution is -2.40. The second-order valence-electron chi connectivity index (χ2n) is 6.74. The lowest BCUT2D eigenvalue weighted by atomic mass is 9.86. The second-order valence-corrected chi connectivity index (χ2v) is 6.74. The van der Waals surface area contributed by atoms with Gasteiger partial charge in [0.2, 0.25) is 0 Å². The van der Waals surface area contributed by atoms with Crippen LogP contribution in [0.5, 0.6) is 0 Å². The molecule has 4 aromatic rings. The Morgan fingerprint density at radius 3 is 2.75 bits per heavy atom. The molecule has 0 unspecified atom stereocenters. The van der Waals surface area contributed by atoms with Crippen LogP contribution in [0, 0.1) is 11.6 Å². The molecule has 0 fully saturated rings. The van der Waals surface area contributed by atoms with Crippen LogP contribution in [0.25, 0.3) is 10.9 Å². The van der Waals surface area contributed by atoms with E-state index in [2.05, 4.69) is 15.2 Å². The number of aromatic nitrogens is 5. The lowest BCUT2D eigenvalue weighted by molar-refractivity contribution is -0.0366. The number of halogens is 2. The maximum Gasteiger partial charge on any atom is 0.137 e. The Bertz CT molecular complexity index is 1130. The predicted molar refractivity (Wildman–Crippen MR) is 99.1 cm³/mol. The Morgan fingerprint density at radius 1 is 1.21 bits per heavy atom. The van der Waals surface area contributed by atoms with Crippen molar-refractivity contribution >= 4 is 16.6 Å². The van der Waals surface area contributed by atoms with Crippen molar-refractivity contribution in [2.45, 2.75) is 25.1 Å². The van der Waals surface area contributed by atoms with Gasteiger partial charge in [-0.15, -0.1) is 0 Å². The van der Waals surface area contributed by atoms with E-state index in [0.717, 1.165) is 17.5 Å². The molecule has 0 bridgehead atoms. The Kier molecular flexibility index (Phi) is 4.31. The highest BCUT2D eigenvalue weighted by molar-refractivity contribution is 5.81. The number of aliphatic hydroxyl groups is 1. The van der Waals surface area contributed by atoms with Crippen molar-refractivity contribution in [1.82, 2.24) is 24.5 Å². The van der Waals surface area contributed by atoms with Crippen LogP contribution < -0.4 is 5.73 Å². The van der Waals surface area contributed by atoms with Gasteiger partial charge in [0.15, 0.2) is 0 Å². The van der Waals surface area contributed by atoms with E-state index in [1.165, 1.54) is 23.4 Å². The zero-order valence-electron chi connectivity index (χ0n) is 15.0. The molecule has 0 aliphatic rings. The normalized spacial score (nSPS) is 14.9. The summed E-state index contributed by atoms with van der Waals surface area (Å²) in [6.45, 7) is 1.60. The van der Waals surface area contributed by atoms with Crippen molar-refractivity contribution in [3.8, 4) is 0 Å². The first kappa shape index (κ1) is 18.1. The van der Waals surface area contributed by atoms with Gasteiger partial charge < -0.3 is 10.8 Å². The molecule has 2 heterocycles. The van der Waals surface area contributed by atoms with E-state index in [9.17, 15) is 13.9 Å². The number of fused-ring (bicyclic) bond motifs is 1. The SMILES string of the molecule is C[C@@H](n1cc2cc(N)ccc2n1)[C@](O)(Cn1cncn1)c1ccc(F)cc1F. The summed E-state index contributed by atoms with van der Waals surface area (Å²) in [5.41, 5.74) is 5.25. The first-order valence-electron chi connectivity index (χ1n) is 8.61. The van der Waals surface area contributed by atoms with Crippen LogP contribution in [-0.2, 0) is 12.1 Å². The third-order valence-corrected chi connectivity index (χ3v) is 4.90. The minimum atomic E-state index is -1.78. The molecule has 0 radical (unpaired) electrons. The van der Waals surface area contributed by atoms with Gasteiger partial charge in [-0.1, -0.05) is 6.07 Å². The minimum absolute atomic E-state index is 0.0593. The van der Waals surface area contributed by atoms with E-state index in [1.54, 1.807) is 36.0 Å². The predicted octanol–water partition coefficient (Wildman–Crippen LogP) is 2.64. The van der Waals surface area contributed by atoms with Crippen molar-refractivity contribution in [1.29, 1.82) is 0 Å². The van der Waals surface area contributed by atoms with Gasteiger partial charge in [0.1, 0.15) is 29.9 Å². The minimum Gasteiger partial charge on any atom is -0.399 e. The Morgan fingerprint density at radius 2 is 2.04 bits per heavy atom. The Hall–Kier alpha value is -3.33. The fourth-order valence-corrected chi connectivity index (χ4v) is 3.32. The molecular formula is C19H18F2N6O. The number of anilines is 1. The summed E-state index contributed by atoms with van der Waals surface area (Å²) in [6.07, 6.45) is 4.46. The van der Waals surface area contributed by atoms with E-state index >= 15 is 0 Å². The summed E-state index contributed by atoms with van der Waals surface area (Å²) in [5.74, 6) is -1.58. The van der Waals surface area contributed by atoms with Gasteiger partial charge in [-0.25, -0.2) is 18.4 Å². The molecule has 0 spiro atoms. The summed E-state index contributed by atoms with van der Waals surface area (Å²) in [6, 6.07) is 7.63. The number of nitrogens with zero attached hydrogens (tertiary/aromatic N) is 5. The van der Waals surface area contributed by atoms with Gasteiger partial charge in [-0.2, -0.15) is 10.2 Å². The Balaban J connectivity index is 1.83. The molecule has 3 N–H and O–H groups in total. The van der Waals surface area contributed by atoms with Crippen LogP contribution in [0.4, 0.5) is 14.5 Å². The largest absolute Gasteiger partial charge is 0.399 e. The van der Waals surface area contributed by atoms with Gasteiger partial charge in [-0.05, 0) is 31.2 Å².